The number of halogens is 2. The number of esters is 1. The minimum Gasteiger partial charge on any atom is -0.469 e. The van der Waals surface area contributed by atoms with Crippen LogP contribution in [-0.2, 0) is 9.53 Å². The molecule has 0 aromatic carbocycles. The summed E-state index contributed by atoms with van der Waals surface area (Å²) in [6, 6.07) is 0. The molecule has 0 saturated heterocycles. The first kappa shape index (κ1) is 11.3. The second-order valence-corrected chi connectivity index (χ2v) is 6.45. The molecule has 0 spiro atoms. The molecule has 1 radical (unpaired) electrons. The number of rotatable bonds is 4. The highest BCUT2D eigenvalue weighted by Gasteiger charge is 2.27. The van der Waals surface area contributed by atoms with Gasteiger partial charge in [-0.05, 0) is 6.42 Å². The number of hydrogen-bond acceptors (Lipinski definition) is 2. The Morgan fingerprint density at radius 3 is 2.45 bits per heavy atom. The van der Waals surface area contributed by atoms with E-state index in [4.69, 9.17) is 22.2 Å². The summed E-state index contributed by atoms with van der Waals surface area (Å²) in [7, 11) is -0.226. The third-order valence-electron chi connectivity index (χ3n) is 1.33. The van der Waals surface area contributed by atoms with Crippen molar-refractivity contribution in [1.82, 2.24) is 0 Å². The van der Waals surface area contributed by atoms with Crippen LogP contribution < -0.4 is 0 Å². The van der Waals surface area contributed by atoms with Gasteiger partial charge in [0.1, 0.15) is 0 Å². The van der Waals surface area contributed by atoms with Crippen LogP contribution in [0.4, 0.5) is 0 Å². The van der Waals surface area contributed by atoms with E-state index in [1.807, 2.05) is 6.92 Å². The number of carbonyl (C=O) groups excluding carboxylic acids is 1. The van der Waals surface area contributed by atoms with Crippen LogP contribution in [0.5, 0.6) is 0 Å². The standard InChI is InChI=1S/C6H11Cl2O2Si/c1-3-4-5(11(7)8)6(9)10-2/h5H,3-4H2,1-2H3. The molecule has 0 saturated carbocycles. The van der Waals surface area contributed by atoms with Gasteiger partial charge in [-0.2, -0.15) is 0 Å². The summed E-state index contributed by atoms with van der Waals surface area (Å²) in [5, 5.41) is 0. The van der Waals surface area contributed by atoms with Gasteiger partial charge in [-0.25, -0.2) is 0 Å². The maximum atomic E-state index is 11.0. The van der Waals surface area contributed by atoms with Crippen LogP contribution in [0.1, 0.15) is 19.8 Å². The summed E-state index contributed by atoms with van der Waals surface area (Å²) >= 11 is 11.3. The van der Waals surface area contributed by atoms with E-state index in [0.717, 1.165) is 6.42 Å². The molecular formula is C6H11Cl2O2Si. The summed E-state index contributed by atoms with van der Waals surface area (Å²) < 4.78 is 4.54. The Labute approximate surface area is 77.8 Å². The van der Waals surface area contributed by atoms with Crippen molar-refractivity contribution in [2.45, 2.75) is 25.3 Å². The van der Waals surface area contributed by atoms with E-state index in [2.05, 4.69) is 4.74 Å². The molecule has 0 heterocycles. The lowest BCUT2D eigenvalue weighted by Gasteiger charge is -2.11. The van der Waals surface area contributed by atoms with Crippen LogP contribution in [0.2, 0.25) is 5.54 Å². The van der Waals surface area contributed by atoms with Crippen molar-refractivity contribution in [2.24, 2.45) is 0 Å². The quantitative estimate of drug-likeness (QED) is 0.407. The van der Waals surface area contributed by atoms with E-state index in [1.54, 1.807) is 0 Å². The molecule has 0 aliphatic carbocycles. The molecule has 0 aliphatic rings. The molecule has 0 aliphatic heterocycles. The zero-order chi connectivity index (χ0) is 8.85. The molecule has 0 aromatic rings. The van der Waals surface area contributed by atoms with E-state index >= 15 is 0 Å². The number of ether oxygens (including phenoxy) is 1. The molecule has 65 valence electrons. The smallest absolute Gasteiger partial charge is 0.308 e. The van der Waals surface area contributed by atoms with Gasteiger partial charge in [0.25, 0.3) is 7.42 Å². The Bertz CT molecular complexity index is 130. The second kappa shape index (κ2) is 5.86. The minimum absolute atomic E-state index is 0.279. The molecule has 1 atom stereocenters. The third kappa shape index (κ3) is 3.99. The molecule has 5 heteroatoms. The lowest BCUT2D eigenvalue weighted by Crippen LogP contribution is -2.19. The Morgan fingerprint density at radius 2 is 2.18 bits per heavy atom. The second-order valence-electron chi connectivity index (χ2n) is 2.15. The van der Waals surface area contributed by atoms with Gasteiger partial charge >= 0.3 is 5.97 Å². The Hall–Kier alpha value is 0.267. The van der Waals surface area contributed by atoms with Gasteiger partial charge in [0.2, 0.25) is 0 Å². The molecular weight excluding hydrogens is 203 g/mol. The van der Waals surface area contributed by atoms with Crippen LogP contribution in [0.3, 0.4) is 0 Å². The average molecular weight is 214 g/mol. The summed E-state index contributed by atoms with van der Waals surface area (Å²) in [6.45, 7) is 1.98. The first-order chi connectivity index (χ1) is 5.13. The van der Waals surface area contributed by atoms with Crippen molar-refractivity contribution < 1.29 is 9.53 Å². The predicted molar refractivity (Wildman–Crippen MR) is 48.1 cm³/mol. The van der Waals surface area contributed by atoms with E-state index in [9.17, 15) is 4.79 Å². The highest BCUT2D eigenvalue weighted by Crippen LogP contribution is 2.23. The zero-order valence-electron chi connectivity index (χ0n) is 6.56. The fourth-order valence-corrected chi connectivity index (χ4v) is 2.74. The van der Waals surface area contributed by atoms with Crippen LogP contribution >= 0.6 is 22.2 Å². The maximum Gasteiger partial charge on any atom is 0.308 e. The normalized spacial score (nSPS) is 13.2. The number of hydrogen-bond donors (Lipinski definition) is 0. The van der Waals surface area contributed by atoms with Gasteiger partial charge in [0.15, 0.2) is 0 Å². The molecule has 0 rings (SSSR count). The Kier molecular flexibility index (Phi) is 6.00. The monoisotopic (exact) mass is 213 g/mol. The molecule has 0 bridgehead atoms. The highest BCUT2D eigenvalue weighted by molar-refractivity contribution is 7.35. The van der Waals surface area contributed by atoms with Gasteiger partial charge < -0.3 is 4.74 Å². The van der Waals surface area contributed by atoms with E-state index in [0.29, 0.717) is 6.42 Å². The topological polar surface area (TPSA) is 26.3 Å². The first-order valence-corrected chi connectivity index (χ1v) is 6.99. The first-order valence-electron chi connectivity index (χ1n) is 3.39. The van der Waals surface area contributed by atoms with Crippen LogP contribution in [0.15, 0.2) is 0 Å². The Balaban J connectivity index is 3.98. The van der Waals surface area contributed by atoms with Crippen molar-refractivity contribution in [2.75, 3.05) is 7.11 Å². The summed E-state index contributed by atoms with van der Waals surface area (Å²) in [4.78, 5) is 11.0. The molecule has 2 nitrogen and oxygen atoms in total. The van der Waals surface area contributed by atoms with Gasteiger partial charge in [-0.1, -0.05) is 13.3 Å². The molecule has 0 fully saturated rings. The van der Waals surface area contributed by atoms with Crippen molar-refractivity contribution >= 4 is 35.5 Å². The van der Waals surface area contributed by atoms with E-state index in [1.165, 1.54) is 7.11 Å². The van der Waals surface area contributed by atoms with Crippen LogP contribution in [0.25, 0.3) is 0 Å². The molecule has 0 aromatic heterocycles. The van der Waals surface area contributed by atoms with Gasteiger partial charge in [-0.15, -0.1) is 22.2 Å². The summed E-state index contributed by atoms with van der Waals surface area (Å²) in [5.41, 5.74) is -0.279. The lowest BCUT2D eigenvalue weighted by atomic mass is 10.2. The largest absolute Gasteiger partial charge is 0.469 e. The molecule has 11 heavy (non-hydrogen) atoms. The van der Waals surface area contributed by atoms with Gasteiger partial charge in [0.05, 0.1) is 12.7 Å². The van der Waals surface area contributed by atoms with Crippen molar-refractivity contribution in [3.05, 3.63) is 0 Å². The molecule has 0 amide bonds. The van der Waals surface area contributed by atoms with Crippen LogP contribution in [0, 0.1) is 0 Å². The predicted octanol–water partition coefficient (Wildman–Crippen LogP) is 2.30. The average Bonchev–Trinajstić information content (AvgIpc) is 1.98. The Morgan fingerprint density at radius 1 is 1.64 bits per heavy atom. The van der Waals surface area contributed by atoms with E-state index in [-0.39, 0.29) is 11.5 Å². The molecule has 0 N–H and O–H groups in total. The fraction of sp³-hybridized carbons (Fsp3) is 0.833. The van der Waals surface area contributed by atoms with Gasteiger partial charge in [0, 0.05) is 0 Å². The van der Waals surface area contributed by atoms with E-state index < -0.39 is 7.42 Å². The SMILES string of the molecule is CCCC(C(=O)OC)[Si](Cl)Cl. The zero-order valence-corrected chi connectivity index (χ0v) is 9.08. The van der Waals surface area contributed by atoms with Crippen molar-refractivity contribution in [3.8, 4) is 0 Å². The van der Waals surface area contributed by atoms with Crippen molar-refractivity contribution in [1.29, 1.82) is 0 Å². The summed E-state index contributed by atoms with van der Waals surface area (Å²) in [6.07, 6.45) is 1.61. The van der Waals surface area contributed by atoms with Crippen LogP contribution in [-0.4, -0.2) is 20.5 Å². The number of carbonyl (C=O) groups is 1. The molecule has 1 unspecified atom stereocenters. The fourth-order valence-electron chi connectivity index (χ4n) is 0.747. The van der Waals surface area contributed by atoms with Crippen molar-refractivity contribution in [3.63, 3.8) is 0 Å². The minimum atomic E-state index is -1.58. The number of methoxy groups -OCH3 is 1. The highest BCUT2D eigenvalue weighted by atomic mass is 35.7. The third-order valence-corrected chi connectivity index (χ3v) is 3.96. The maximum absolute atomic E-state index is 11.0. The lowest BCUT2D eigenvalue weighted by molar-refractivity contribution is -0.140. The van der Waals surface area contributed by atoms with Gasteiger partial charge in [-0.3, -0.25) is 4.79 Å². The summed E-state index contributed by atoms with van der Waals surface area (Å²) in [5.74, 6) is -0.286.